The number of likely N-dealkylation sites (tertiary alicyclic amines) is 1. The van der Waals surface area contributed by atoms with Gasteiger partial charge in [-0.3, -0.25) is 19.7 Å². The normalized spacial score (nSPS) is 18.5. The molecule has 114 valence electrons. The molecule has 8 heteroatoms. The number of hydrogen-bond acceptors (Lipinski definition) is 5. The van der Waals surface area contributed by atoms with Crippen LogP contribution < -0.4 is 0 Å². The number of rotatable bonds is 5. The van der Waals surface area contributed by atoms with Gasteiger partial charge in [0.05, 0.1) is 10.5 Å². The predicted molar refractivity (Wildman–Crippen MR) is 76.5 cm³/mol. The lowest BCUT2D eigenvalue weighted by Gasteiger charge is -2.32. The maximum absolute atomic E-state index is 12.3. The number of piperidine rings is 1. The fourth-order valence-electron chi connectivity index (χ4n) is 2.53. The Hall–Kier alpha value is -1.96. The Kier molecular flexibility index (Phi) is 4.89. The van der Waals surface area contributed by atoms with Crippen molar-refractivity contribution >= 4 is 28.2 Å². The third-order valence-electron chi connectivity index (χ3n) is 3.59. The van der Waals surface area contributed by atoms with E-state index in [9.17, 15) is 19.7 Å². The molecule has 1 saturated heterocycles. The highest BCUT2D eigenvalue weighted by molar-refractivity contribution is 7.13. The standard InChI is InChI=1S/C13H16N2O5S/c16-12(17)4-3-9-2-1-5-14(7-9)13(18)10-6-11(15(19)20)21-8-10/h6,8-9H,1-5,7H2,(H,16,17). The molecule has 0 radical (unpaired) electrons. The van der Waals surface area contributed by atoms with Gasteiger partial charge in [-0.15, -0.1) is 0 Å². The Bertz CT molecular complexity index is 557. The van der Waals surface area contributed by atoms with Crippen LogP contribution in [0.15, 0.2) is 11.4 Å². The van der Waals surface area contributed by atoms with E-state index in [0.29, 0.717) is 25.1 Å². The highest BCUT2D eigenvalue weighted by Gasteiger charge is 2.26. The molecule has 1 amide bonds. The summed E-state index contributed by atoms with van der Waals surface area (Å²) < 4.78 is 0. The summed E-state index contributed by atoms with van der Waals surface area (Å²) in [6.45, 7) is 1.14. The SMILES string of the molecule is O=C(O)CCC1CCCN(C(=O)c2csc([N+](=O)[O-])c2)C1. The van der Waals surface area contributed by atoms with Crippen molar-refractivity contribution in [3.05, 3.63) is 27.1 Å². The van der Waals surface area contributed by atoms with Crippen LogP contribution in [0, 0.1) is 16.0 Å². The minimum absolute atomic E-state index is 0.0437. The molecule has 1 aliphatic rings. The average molecular weight is 312 g/mol. The number of hydrogen-bond donors (Lipinski definition) is 1. The molecule has 0 bridgehead atoms. The number of nitrogens with zero attached hydrogens (tertiary/aromatic N) is 2. The summed E-state index contributed by atoms with van der Waals surface area (Å²) >= 11 is 0.941. The van der Waals surface area contributed by atoms with Gasteiger partial charge in [0, 0.05) is 31.0 Å². The second-order valence-electron chi connectivity index (χ2n) is 5.12. The third kappa shape index (κ3) is 4.01. The lowest BCUT2D eigenvalue weighted by Crippen LogP contribution is -2.39. The number of amides is 1. The molecule has 1 aliphatic heterocycles. The summed E-state index contributed by atoms with van der Waals surface area (Å²) in [6.07, 6.45) is 2.42. The Morgan fingerprint density at radius 1 is 1.52 bits per heavy atom. The molecular formula is C13H16N2O5S. The summed E-state index contributed by atoms with van der Waals surface area (Å²) in [5.41, 5.74) is 0.339. The molecule has 7 nitrogen and oxygen atoms in total. The quantitative estimate of drug-likeness (QED) is 0.664. The van der Waals surface area contributed by atoms with E-state index in [4.69, 9.17) is 5.11 Å². The van der Waals surface area contributed by atoms with Gasteiger partial charge >= 0.3 is 11.0 Å². The molecule has 2 rings (SSSR count). The second-order valence-corrected chi connectivity index (χ2v) is 6.01. The maximum atomic E-state index is 12.3. The van der Waals surface area contributed by atoms with Crippen LogP contribution in [-0.4, -0.2) is 39.9 Å². The van der Waals surface area contributed by atoms with Crippen molar-refractivity contribution in [2.45, 2.75) is 25.7 Å². The van der Waals surface area contributed by atoms with Gasteiger partial charge in [-0.25, -0.2) is 0 Å². The smallest absolute Gasteiger partial charge is 0.324 e. The zero-order chi connectivity index (χ0) is 15.4. The number of carboxylic acid groups (broad SMARTS) is 1. The number of thiophene rings is 1. The largest absolute Gasteiger partial charge is 0.481 e. The van der Waals surface area contributed by atoms with Crippen LogP contribution in [0.2, 0.25) is 0 Å². The summed E-state index contributed by atoms with van der Waals surface area (Å²) in [7, 11) is 0. The van der Waals surface area contributed by atoms with Gasteiger partial charge in [-0.2, -0.15) is 0 Å². The highest BCUT2D eigenvalue weighted by atomic mass is 32.1. The van der Waals surface area contributed by atoms with Crippen LogP contribution in [0.5, 0.6) is 0 Å². The molecule has 1 N–H and O–H groups in total. The van der Waals surface area contributed by atoms with Gasteiger partial charge in [0.2, 0.25) is 0 Å². The van der Waals surface area contributed by atoms with Crippen LogP contribution in [0.4, 0.5) is 5.00 Å². The van der Waals surface area contributed by atoms with Crippen LogP contribution >= 0.6 is 11.3 Å². The summed E-state index contributed by atoms with van der Waals surface area (Å²) in [5, 5.41) is 20.8. The van der Waals surface area contributed by atoms with Crippen LogP contribution in [-0.2, 0) is 4.79 Å². The van der Waals surface area contributed by atoms with Gasteiger partial charge < -0.3 is 10.0 Å². The molecule has 1 unspecified atom stereocenters. The van der Waals surface area contributed by atoms with Gasteiger partial charge in [0.1, 0.15) is 0 Å². The molecule has 1 aromatic heterocycles. The first-order chi connectivity index (χ1) is 9.97. The Morgan fingerprint density at radius 3 is 2.90 bits per heavy atom. The molecule has 0 spiro atoms. The lowest BCUT2D eigenvalue weighted by atomic mass is 9.93. The first kappa shape index (κ1) is 15.4. The van der Waals surface area contributed by atoms with Crippen molar-refractivity contribution in [3.63, 3.8) is 0 Å². The first-order valence-corrected chi connectivity index (χ1v) is 7.59. The summed E-state index contributed by atoms with van der Waals surface area (Å²) in [5.74, 6) is -0.848. The number of carbonyl (C=O) groups excluding carboxylic acids is 1. The van der Waals surface area contributed by atoms with Crippen LogP contribution in [0.3, 0.4) is 0 Å². The summed E-state index contributed by atoms with van der Waals surface area (Å²) in [6, 6.07) is 1.30. The van der Waals surface area contributed by atoms with E-state index in [1.165, 1.54) is 11.4 Å². The fourth-order valence-corrected chi connectivity index (χ4v) is 3.23. The Morgan fingerprint density at radius 2 is 2.29 bits per heavy atom. The average Bonchev–Trinajstić information content (AvgIpc) is 2.94. The van der Waals surface area contributed by atoms with Crippen molar-refractivity contribution in [1.82, 2.24) is 4.90 Å². The molecule has 2 heterocycles. The fraction of sp³-hybridized carbons (Fsp3) is 0.538. The van der Waals surface area contributed by atoms with E-state index in [1.54, 1.807) is 4.90 Å². The maximum Gasteiger partial charge on any atom is 0.324 e. The van der Waals surface area contributed by atoms with Crippen LogP contribution in [0.25, 0.3) is 0 Å². The molecule has 1 aromatic rings. The number of carbonyl (C=O) groups is 2. The Labute approximate surface area is 125 Å². The van der Waals surface area contributed by atoms with E-state index >= 15 is 0 Å². The van der Waals surface area contributed by atoms with Crippen molar-refractivity contribution in [3.8, 4) is 0 Å². The van der Waals surface area contributed by atoms with Gasteiger partial charge in [-0.05, 0) is 25.2 Å². The monoisotopic (exact) mass is 312 g/mol. The number of carboxylic acids is 1. The van der Waals surface area contributed by atoms with Crippen molar-refractivity contribution in [2.24, 2.45) is 5.92 Å². The molecule has 0 aliphatic carbocycles. The predicted octanol–water partition coefficient (Wildman–Crippen LogP) is 2.37. The van der Waals surface area contributed by atoms with E-state index in [-0.39, 0.29) is 23.2 Å². The topological polar surface area (TPSA) is 101 Å². The highest BCUT2D eigenvalue weighted by Crippen LogP contribution is 2.26. The van der Waals surface area contributed by atoms with Crippen molar-refractivity contribution in [2.75, 3.05) is 13.1 Å². The zero-order valence-electron chi connectivity index (χ0n) is 11.4. The van der Waals surface area contributed by atoms with E-state index in [0.717, 1.165) is 24.2 Å². The number of aliphatic carboxylic acids is 1. The molecule has 0 saturated carbocycles. The van der Waals surface area contributed by atoms with Crippen molar-refractivity contribution < 1.29 is 19.6 Å². The van der Waals surface area contributed by atoms with Gasteiger partial charge in [0.25, 0.3) is 5.91 Å². The van der Waals surface area contributed by atoms with Gasteiger partial charge in [0.15, 0.2) is 0 Å². The molecule has 0 aromatic carbocycles. The number of nitro groups is 1. The zero-order valence-corrected chi connectivity index (χ0v) is 12.2. The van der Waals surface area contributed by atoms with Crippen LogP contribution in [0.1, 0.15) is 36.0 Å². The van der Waals surface area contributed by atoms with Crippen molar-refractivity contribution in [1.29, 1.82) is 0 Å². The molecular weight excluding hydrogens is 296 g/mol. The second kappa shape index (κ2) is 6.66. The molecule has 1 fully saturated rings. The third-order valence-corrected chi connectivity index (χ3v) is 4.47. The molecule has 21 heavy (non-hydrogen) atoms. The van der Waals surface area contributed by atoms with Gasteiger partial charge in [-0.1, -0.05) is 11.3 Å². The summed E-state index contributed by atoms with van der Waals surface area (Å²) in [4.78, 5) is 34.7. The minimum Gasteiger partial charge on any atom is -0.481 e. The minimum atomic E-state index is -0.827. The van der Waals surface area contributed by atoms with E-state index < -0.39 is 10.9 Å². The lowest BCUT2D eigenvalue weighted by molar-refractivity contribution is -0.380. The first-order valence-electron chi connectivity index (χ1n) is 6.71. The Balaban J connectivity index is 1.97. The molecule has 1 atom stereocenters. The van der Waals surface area contributed by atoms with E-state index in [1.807, 2.05) is 0 Å². The van der Waals surface area contributed by atoms with E-state index in [2.05, 4.69) is 0 Å².